The number of rotatable bonds is 11. The SMILES string of the molecule is CCCCCCCCCCN1C=CN(Cc2ccccc2)C1. The third-order valence-electron chi connectivity index (χ3n) is 4.38. The van der Waals surface area contributed by atoms with E-state index < -0.39 is 0 Å². The van der Waals surface area contributed by atoms with Crippen LogP contribution in [0.3, 0.4) is 0 Å². The van der Waals surface area contributed by atoms with Gasteiger partial charge in [-0.2, -0.15) is 0 Å². The Morgan fingerprint density at radius 1 is 0.773 bits per heavy atom. The van der Waals surface area contributed by atoms with E-state index >= 15 is 0 Å². The van der Waals surface area contributed by atoms with Gasteiger partial charge in [-0.1, -0.05) is 82.2 Å². The van der Waals surface area contributed by atoms with E-state index in [9.17, 15) is 0 Å². The molecule has 1 aliphatic rings. The van der Waals surface area contributed by atoms with Gasteiger partial charge in [0, 0.05) is 25.5 Å². The zero-order chi connectivity index (χ0) is 15.5. The van der Waals surface area contributed by atoms with Crippen molar-refractivity contribution in [2.45, 2.75) is 64.8 Å². The maximum Gasteiger partial charge on any atom is 0.0897 e. The lowest BCUT2D eigenvalue weighted by atomic mass is 10.1. The predicted molar refractivity (Wildman–Crippen MR) is 95.3 cm³/mol. The van der Waals surface area contributed by atoms with Gasteiger partial charge in [-0.25, -0.2) is 0 Å². The number of hydrogen-bond acceptors (Lipinski definition) is 2. The van der Waals surface area contributed by atoms with Crippen molar-refractivity contribution in [3.8, 4) is 0 Å². The number of hydrogen-bond donors (Lipinski definition) is 0. The topological polar surface area (TPSA) is 6.48 Å². The van der Waals surface area contributed by atoms with Gasteiger partial charge in [0.2, 0.25) is 0 Å². The first-order valence-corrected chi connectivity index (χ1v) is 9.09. The lowest BCUT2D eigenvalue weighted by Crippen LogP contribution is -2.25. The highest BCUT2D eigenvalue weighted by Crippen LogP contribution is 2.14. The highest BCUT2D eigenvalue weighted by molar-refractivity contribution is 5.15. The average molecular weight is 300 g/mol. The minimum Gasteiger partial charge on any atom is -0.359 e. The maximum atomic E-state index is 2.44. The van der Waals surface area contributed by atoms with Gasteiger partial charge in [0.05, 0.1) is 6.67 Å². The Balaban J connectivity index is 1.49. The third kappa shape index (κ3) is 6.55. The molecule has 122 valence electrons. The summed E-state index contributed by atoms with van der Waals surface area (Å²) in [5, 5.41) is 0. The number of unbranched alkanes of at least 4 members (excludes halogenated alkanes) is 7. The smallest absolute Gasteiger partial charge is 0.0897 e. The van der Waals surface area contributed by atoms with Crippen molar-refractivity contribution in [2.24, 2.45) is 0 Å². The number of benzene rings is 1. The van der Waals surface area contributed by atoms with Crippen molar-refractivity contribution in [3.63, 3.8) is 0 Å². The lowest BCUT2D eigenvalue weighted by Gasteiger charge is -2.21. The van der Waals surface area contributed by atoms with Gasteiger partial charge < -0.3 is 9.80 Å². The minimum atomic E-state index is 1.02. The van der Waals surface area contributed by atoms with Gasteiger partial charge in [-0.3, -0.25) is 0 Å². The molecule has 0 amide bonds. The Hall–Kier alpha value is -1.44. The van der Waals surface area contributed by atoms with Crippen LogP contribution in [0.5, 0.6) is 0 Å². The van der Waals surface area contributed by atoms with Crippen LogP contribution in [0, 0.1) is 0 Å². The molecule has 0 radical (unpaired) electrons. The second-order valence-electron chi connectivity index (χ2n) is 6.46. The van der Waals surface area contributed by atoms with Crippen LogP contribution in [-0.2, 0) is 6.54 Å². The molecule has 0 unspecified atom stereocenters. The molecular weight excluding hydrogens is 268 g/mol. The van der Waals surface area contributed by atoms with Crippen LogP contribution >= 0.6 is 0 Å². The maximum absolute atomic E-state index is 2.44. The van der Waals surface area contributed by atoms with Crippen LogP contribution < -0.4 is 0 Å². The molecule has 0 atom stereocenters. The van der Waals surface area contributed by atoms with Crippen LogP contribution in [0.4, 0.5) is 0 Å². The first kappa shape index (κ1) is 16.9. The zero-order valence-electron chi connectivity index (χ0n) is 14.2. The quantitative estimate of drug-likeness (QED) is 0.507. The second kappa shape index (κ2) is 10.3. The van der Waals surface area contributed by atoms with Crippen molar-refractivity contribution in [1.29, 1.82) is 0 Å². The summed E-state index contributed by atoms with van der Waals surface area (Å²) in [6.07, 6.45) is 15.7. The van der Waals surface area contributed by atoms with E-state index in [0.29, 0.717) is 0 Å². The van der Waals surface area contributed by atoms with Crippen molar-refractivity contribution in [2.75, 3.05) is 13.2 Å². The Morgan fingerprint density at radius 3 is 2.14 bits per heavy atom. The molecule has 0 N–H and O–H groups in total. The summed E-state index contributed by atoms with van der Waals surface area (Å²) in [6.45, 7) is 5.55. The summed E-state index contributed by atoms with van der Waals surface area (Å²) < 4.78 is 0. The van der Waals surface area contributed by atoms with Crippen molar-refractivity contribution >= 4 is 0 Å². The van der Waals surface area contributed by atoms with E-state index in [0.717, 1.165) is 13.2 Å². The van der Waals surface area contributed by atoms with E-state index in [1.807, 2.05) is 0 Å². The van der Waals surface area contributed by atoms with E-state index in [-0.39, 0.29) is 0 Å². The summed E-state index contributed by atoms with van der Waals surface area (Å²) in [4.78, 5) is 4.83. The Kier molecular flexibility index (Phi) is 7.93. The van der Waals surface area contributed by atoms with Crippen LogP contribution in [0.25, 0.3) is 0 Å². The van der Waals surface area contributed by atoms with Gasteiger partial charge in [0.15, 0.2) is 0 Å². The Bertz CT molecular complexity index is 413. The molecule has 1 aromatic carbocycles. The summed E-state index contributed by atoms with van der Waals surface area (Å²) in [6, 6.07) is 10.7. The molecule has 0 aromatic heterocycles. The molecule has 0 saturated carbocycles. The molecule has 0 spiro atoms. The molecule has 0 saturated heterocycles. The molecule has 22 heavy (non-hydrogen) atoms. The summed E-state index contributed by atoms with van der Waals surface area (Å²) in [5.41, 5.74) is 1.39. The van der Waals surface area contributed by atoms with Crippen LogP contribution in [-0.4, -0.2) is 23.0 Å². The largest absolute Gasteiger partial charge is 0.359 e. The lowest BCUT2D eigenvalue weighted by molar-refractivity contribution is 0.256. The van der Waals surface area contributed by atoms with Gasteiger partial charge >= 0.3 is 0 Å². The fourth-order valence-corrected chi connectivity index (χ4v) is 3.03. The molecule has 2 nitrogen and oxygen atoms in total. The van der Waals surface area contributed by atoms with Gasteiger partial charge in [-0.05, 0) is 12.0 Å². The summed E-state index contributed by atoms with van der Waals surface area (Å²) in [7, 11) is 0. The van der Waals surface area contributed by atoms with E-state index in [1.54, 1.807) is 0 Å². The van der Waals surface area contributed by atoms with Crippen molar-refractivity contribution < 1.29 is 0 Å². The second-order valence-corrected chi connectivity index (χ2v) is 6.46. The van der Waals surface area contributed by atoms with Gasteiger partial charge in [-0.15, -0.1) is 0 Å². The van der Waals surface area contributed by atoms with E-state index in [2.05, 4.69) is 59.5 Å². The molecule has 0 bridgehead atoms. The highest BCUT2D eigenvalue weighted by atomic mass is 15.3. The highest BCUT2D eigenvalue weighted by Gasteiger charge is 2.11. The number of nitrogens with zero attached hydrogens (tertiary/aromatic N) is 2. The Labute approximate surface area is 136 Å². The fraction of sp³-hybridized carbons (Fsp3) is 0.600. The standard InChI is InChI=1S/C20H32N2/c1-2-3-4-5-6-7-8-12-15-21-16-17-22(19-21)18-20-13-10-9-11-14-20/h9-11,13-14,16-17H,2-8,12,15,18-19H2,1H3. The van der Waals surface area contributed by atoms with Crippen LogP contribution in [0.15, 0.2) is 42.7 Å². The first-order valence-electron chi connectivity index (χ1n) is 9.09. The van der Waals surface area contributed by atoms with Crippen LogP contribution in [0.2, 0.25) is 0 Å². The average Bonchev–Trinajstić information content (AvgIpc) is 2.98. The van der Waals surface area contributed by atoms with Gasteiger partial charge in [0.1, 0.15) is 0 Å². The molecule has 0 fully saturated rings. The third-order valence-corrected chi connectivity index (χ3v) is 4.38. The van der Waals surface area contributed by atoms with Crippen molar-refractivity contribution in [3.05, 3.63) is 48.3 Å². The molecule has 1 aromatic rings. The molecule has 2 rings (SSSR count). The van der Waals surface area contributed by atoms with Gasteiger partial charge in [0.25, 0.3) is 0 Å². The monoisotopic (exact) mass is 300 g/mol. The fourth-order valence-electron chi connectivity index (χ4n) is 3.03. The Morgan fingerprint density at radius 2 is 1.41 bits per heavy atom. The zero-order valence-corrected chi connectivity index (χ0v) is 14.2. The molecule has 2 heteroatoms. The van der Waals surface area contributed by atoms with E-state index in [1.165, 1.54) is 63.5 Å². The summed E-state index contributed by atoms with van der Waals surface area (Å²) in [5.74, 6) is 0. The molecule has 0 aliphatic carbocycles. The predicted octanol–water partition coefficient (Wildman–Crippen LogP) is 5.37. The van der Waals surface area contributed by atoms with Crippen molar-refractivity contribution in [1.82, 2.24) is 9.80 Å². The normalized spacial score (nSPS) is 14.0. The van der Waals surface area contributed by atoms with Crippen LogP contribution in [0.1, 0.15) is 63.9 Å². The molecule has 1 aliphatic heterocycles. The minimum absolute atomic E-state index is 1.02. The van der Waals surface area contributed by atoms with E-state index in [4.69, 9.17) is 0 Å². The summed E-state index contributed by atoms with van der Waals surface area (Å²) >= 11 is 0. The first-order chi connectivity index (χ1) is 10.9. The molecular formula is C20H32N2. The molecule has 1 heterocycles.